The molecule has 0 saturated carbocycles. The first-order valence-electron chi connectivity index (χ1n) is 13.9. The Balaban J connectivity index is 1.49. The van der Waals surface area contributed by atoms with Crippen LogP contribution in [0.3, 0.4) is 0 Å². The molecule has 0 radical (unpaired) electrons. The summed E-state index contributed by atoms with van der Waals surface area (Å²) in [5, 5.41) is 12.6. The van der Waals surface area contributed by atoms with E-state index in [1.54, 1.807) is 6.08 Å². The fourth-order valence-electron chi connectivity index (χ4n) is 5.61. The van der Waals surface area contributed by atoms with Crippen molar-refractivity contribution < 1.29 is 0 Å². The molecule has 42 heavy (non-hydrogen) atoms. The Bertz CT molecular complexity index is 2280. The largest absolute Gasteiger partial charge is 0.292 e. The summed E-state index contributed by atoms with van der Waals surface area (Å²) in [5.74, 6) is 0. The summed E-state index contributed by atoms with van der Waals surface area (Å²) < 4.78 is 2.26. The molecular weight excluding hydrogens is 512 g/mol. The van der Waals surface area contributed by atoms with E-state index in [1.807, 2.05) is 54.6 Å². The Morgan fingerprint density at radius 1 is 0.738 bits per heavy atom. The highest BCUT2D eigenvalue weighted by Crippen LogP contribution is 2.36. The number of fused-ring (bicyclic) bond motifs is 8. The molecule has 0 aliphatic heterocycles. The molecule has 0 atom stereocenters. The van der Waals surface area contributed by atoms with Gasteiger partial charge in [-0.05, 0) is 89.7 Å². The fourth-order valence-corrected chi connectivity index (χ4v) is 5.61. The van der Waals surface area contributed by atoms with Gasteiger partial charge in [-0.3, -0.25) is 4.40 Å². The molecule has 4 aromatic carbocycles. The third kappa shape index (κ3) is 4.25. The number of allylic oxidation sites excluding steroid dienone is 5. The standard InChI is InChI=1S/C38H26N4/c1-3-4-5-9-25(2)33-11-8-12-34(40-33)29-18-20-30-31(23-29)32-22-28(27-16-14-26(24-39)15-17-27)19-21-36(32)42-37-13-7-6-10-35(37)41-38(30)42/h3-23H,1H2,2H3/b5-4-,25-9+. The summed E-state index contributed by atoms with van der Waals surface area (Å²) in [4.78, 5) is 10.1. The highest BCUT2D eigenvalue weighted by atomic mass is 15.0. The van der Waals surface area contributed by atoms with Crippen LogP contribution >= 0.6 is 0 Å². The molecule has 3 heterocycles. The molecule has 4 nitrogen and oxygen atoms in total. The van der Waals surface area contributed by atoms with Crippen LogP contribution in [0.15, 0.2) is 134 Å². The van der Waals surface area contributed by atoms with E-state index < -0.39 is 0 Å². The SMILES string of the molecule is C=C/C=C\C=C(/C)c1cccc(-c2ccc3c(c2)c2cc(-c4ccc(C#N)cc4)ccc2n2c4ccccc4nc32)n1. The summed E-state index contributed by atoms with van der Waals surface area (Å²) in [7, 11) is 0. The number of hydrogen-bond acceptors (Lipinski definition) is 3. The van der Waals surface area contributed by atoms with Crippen molar-refractivity contribution in [2.24, 2.45) is 0 Å². The molecule has 3 aromatic heterocycles. The van der Waals surface area contributed by atoms with Gasteiger partial charge in [0, 0.05) is 16.3 Å². The van der Waals surface area contributed by atoms with Crippen LogP contribution in [0.1, 0.15) is 18.2 Å². The first-order valence-corrected chi connectivity index (χ1v) is 13.9. The molecule has 0 N–H and O–H groups in total. The summed E-state index contributed by atoms with van der Waals surface area (Å²) in [5.41, 5.74) is 10.9. The lowest BCUT2D eigenvalue weighted by atomic mass is 9.97. The van der Waals surface area contributed by atoms with E-state index in [1.165, 1.54) is 0 Å². The van der Waals surface area contributed by atoms with Crippen molar-refractivity contribution in [3.63, 3.8) is 0 Å². The zero-order chi connectivity index (χ0) is 28.6. The van der Waals surface area contributed by atoms with Crippen molar-refractivity contribution in [2.45, 2.75) is 6.92 Å². The van der Waals surface area contributed by atoms with E-state index in [2.05, 4.69) is 90.7 Å². The fraction of sp³-hybridized carbons (Fsp3) is 0.0263. The number of benzene rings is 4. The zero-order valence-corrected chi connectivity index (χ0v) is 23.1. The lowest BCUT2D eigenvalue weighted by molar-refractivity contribution is 1.27. The van der Waals surface area contributed by atoms with Crippen LogP contribution in [0, 0.1) is 11.3 Å². The lowest BCUT2D eigenvalue weighted by Gasteiger charge is -2.13. The molecule has 7 rings (SSSR count). The first kappa shape index (κ1) is 25.2. The molecule has 0 saturated heterocycles. The number of nitrogens with zero attached hydrogens (tertiary/aromatic N) is 4. The van der Waals surface area contributed by atoms with Gasteiger partial charge in [-0.15, -0.1) is 0 Å². The van der Waals surface area contributed by atoms with Crippen molar-refractivity contribution in [1.29, 1.82) is 5.26 Å². The van der Waals surface area contributed by atoms with Gasteiger partial charge in [0.05, 0.1) is 39.6 Å². The predicted molar refractivity (Wildman–Crippen MR) is 174 cm³/mol. The van der Waals surface area contributed by atoms with E-state index >= 15 is 0 Å². The summed E-state index contributed by atoms with van der Waals surface area (Å²) in [6.07, 6.45) is 7.70. The lowest BCUT2D eigenvalue weighted by Crippen LogP contribution is -1.94. The van der Waals surface area contributed by atoms with Gasteiger partial charge in [0.15, 0.2) is 0 Å². The zero-order valence-electron chi connectivity index (χ0n) is 23.1. The van der Waals surface area contributed by atoms with Gasteiger partial charge in [0.1, 0.15) is 5.65 Å². The van der Waals surface area contributed by atoms with Gasteiger partial charge in [0.2, 0.25) is 0 Å². The predicted octanol–water partition coefficient (Wildman–Crippen LogP) is 9.54. The third-order valence-corrected chi connectivity index (χ3v) is 7.74. The summed E-state index contributed by atoms with van der Waals surface area (Å²) >= 11 is 0. The molecule has 0 fully saturated rings. The second-order valence-electron chi connectivity index (χ2n) is 10.3. The van der Waals surface area contributed by atoms with Crippen molar-refractivity contribution in [1.82, 2.24) is 14.4 Å². The number of para-hydroxylation sites is 2. The molecule has 7 aromatic rings. The molecule has 4 heteroatoms. The van der Waals surface area contributed by atoms with E-state index in [-0.39, 0.29) is 0 Å². The maximum absolute atomic E-state index is 9.27. The number of aromatic nitrogens is 3. The Labute approximate surface area is 243 Å². The first-order chi connectivity index (χ1) is 20.6. The summed E-state index contributed by atoms with van der Waals surface area (Å²) in [6.45, 7) is 5.81. The monoisotopic (exact) mass is 538 g/mol. The smallest absolute Gasteiger partial charge is 0.146 e. The van der Waals surface area contributed by atoms with Gasteiger partial charge in [-0.25, -0.2) is 9.97 Å². The molecule has 0 spiro atoms. The minimum Gasteiger partial charge on any atom is -0.292 e. The van der Waals surface area contributed by atoms with Crippen molar-refractivity contribution >= 4 is 43.9 Å². The van der Waals surface area contributed by atoms with Crippen LogP contribution in [-0.4, -0.2) is 14.4 Å². The maximum Gasteiger partial charge on any atom is 0.146 e. The van der Waals surface area contributed by atoms with Gasteiger partial charge in [0.25, 0.3) is 0 Å². The van der Waals surface area contributed by atoms with Crippen molar-refractivity contribution in [3.05, 3.63) is 145 Å². The quantitative estimate of drug-likeness (QED) is 0.162. The second kappa shape index (κ2) is 10.3. The Hall–Kier alpha value is -5.79. The Kier molecular flexibility index (Phi) is 6.19. The van der Waals surface area contributed by atoms with Crippen molar-refractivity contribution in [3.8, 4) is 28.5 Å². The minimum atomic E-state index is 0.651. The van der Waals surface area contributed by atoms with Crippen LogP contribution < -0.4 is 0 Å². The molecule has 0 aliphatic carbocycles. The molecule has 0 unspecified atom stereocenters. The summed E-state index contributed by atoms with van der Waals surface area (Å²) in [6, 6.07) is 37.5. The third-order valence-electron chi connectivity index (χ3n) is 7.74. The van der Waals surface area contributed by atoms with E-state index in [9.17, 15) is 5.26 Å². The van der Waals surface area contributed by atoms with Gasteiger partial charge < -0.3 is 0 Å². The van der Waals surface area contributed by atoms with Gasteiger partial charge in [-0.1, -0.05) is 73.3 Å². The maximum atomic E-state index is 9.27. The average Bonchev–Trinajstić information content (AvgIpc) is 3.44. The molecular formula is C38H26N4. The van der Waals surface area contributed by atoms with Crippen LogP contribution in [0.5, 0.6) is 0 Å². The normalized spacial score (nSPS) is 12.0. The van der Waals surface area contributed by atoms with Crippen molar-refractivity contribution in [2.75, 3.05) is 0 Å². The highest BCUT2D eigenvalue weighted by molar-refractivity contribution is 6.15. The van der Waals surface area contributed by atoms with Crippen LogP contribution in [0.25, 0.3) is 66.3 Å². The number of pyridine rings is 2. The number of hydrogen-bond donors (Lipinski definition) is 0. The topological polar surface area (TPSA) is 54.0 Å². The van der Waals surface area contributed by atoms with E-state index in [0.717, 1.165) is 72.0 Å². The molecule has 0 amide bonds. The number of rotatable bonds is 5. The van der Waals surface area contributed by atoms with Crippen LogP contribution in [0.2, 0.25) is 0 Å². The molecule has 198 valence electrons. The minimum absolute atomic E-state index is 0.651. The van der Waals surface area contributed by atoms with Gasteiger partial charge in [-0.2, -0.15) is 5.26 Å². The second-order valence-corrected chi connectivity index (χ2v) is 10.3. The Morgan fingerprint density at radius 2 is 1.52 bits per heavy atom. The molecule has 0 bridgehead atoms. The van der Waals surface area contributed by atoms with Crippen LogP contribution in [0.4, 0.5) is 0 Å². The van der Waals surface area contributed by atoms with E-state index in [0.29, 0.717) is 5.56 Å². The molecule has 0 aliphatic rings. The van der Waals surface area contributed by atoms with Gasteiger partial charge >= 0.3 is 0 Å². The average molecular weight is 539 g/mol. The highest BCUT2D eigenvalue weighted by Gasteiger charge is 2.16. The number of nitriles is 1. The Morgan fingerprint density at radius 3 is 2.36 bits per heavy atom. The number of imidazole rings is 1. The van der Waals surface area contributed by atoms with Crippen LogP contribution in [-0.2, 0) is 0 Å². The van der Waals surface area contributed by atoms with E-state index in [4.69, 9.17) is 9.97 Å².